The first-order chi connectivity index (χ1) is 16.3. The van der Waals surface area contributed by atoms with E-state index >= 15 is 0 Å². The summed E-state index contributed by atoms with van der Waals surface area (Å²) in [4.78, 5) is 33.7. The van der Waals surface area contributed by atoms with Crippen LogP contribution in [0, 0.1) is 12.8 Å². The van der Waals surface area contributed by atoms with Gasteiger partial charge in [-0.3, -0.25) is 9.59 Å². The quantitative estimate of drug-likeness (QED) is 0.660. The van der Waals surface area contributed by atoms with E-state index in [1.165, 1.54) is 0 Å². The maximum absolute atomic E-state index is 12.7. The molecule has 0 atom stereocenters. The number of rotatable bonds is 7. The second-order valence-corrected chi connectivity index (χ2v) is 9.23. The molecule has 9 heteroatoms. The van der Waals surface area contributed by atoms with Gasteiger partial charge >= 0.3 is 0 Å². The van der Waals surface area contributed by atoms with Gasteiger partial charge in [0.1, 0.15) is 5.76 Å². The van der Waals surface area contributed by atoms with Crippen molar-refractivity contribution in [2.45, 2.75) is 32.5 Å². The highest BCUT2D eigenvalue weighted by molar-refractivity contribution is 5.88. The average Bonchev–Trinajstić information content (AvgIpc) is 3.23. The van der Waals surface area contributed by atoms with E-state index in [9.17, 15) is 9.59 Å². The Bertz CT molecular complexity index is 976. The van der Waals surface area contributed by atoms with Crippen molar-refractivity contribution < 1.29 is 23.5 Å². The number of hydrogen-bond donors (Lipinski definition) is 1. The summed E-state index contributed by atoms with van der Waals surface area (Å²) in [5, 5.41) is 2.68. The van der Waals surface area contributed by atoms with Crippen LogP contribution in [-0.4, -0.2) is 85.4 Å². The summed E-state index contributed by atoms with van der Waals surface area (Å²) in [5.74, 6) is -0.317. The second-order valence-electron chi connectivity index (χ2n) is 9.23. The van der Waals surface area contributed by atoms with Gasteiger partial charge in [-0.25, -0.2) is 4.98 Å². The molecule has 2 aromatic rings. The smallest absolute Gasteiger partial charge is 0.280 e. The van der Waals surface area contributed by atoms with Crippen LogP contribution in [0.5, 0.6) is 0 Å². The van der Waals surface area contributed by atoms with Crippen LogP contribution >= 0.6 is 0 Å². The number of hydrogen-bond acceptors (Lipinski definition) is 7. The van der Waals surface area contributed by atoms with Crippen molar-refractivity contribution in [2.24, 2.45) is 5.92 Å². The van der Waals surface area contributed by atoms with Gasteiger partial charge < -0.3 is 29.0 Å². The van der Waals surface area contributed by atoms with Gasteiger partial charge in [-0.05, 0) is 45.9 Å². The lowest BCUT2D eigenvalue weighted by Crippen LogP contribution is -2.55. The number of aromatic nitrogens is 1. The van der Waals surface area contributed by atoms with E-state index in [0.29, 0.717) is 32.2 Å². The van der Waals surface area contributed by atoms with Gasteiger partial charge in [0.15, 0.2) is 0 Å². The first-order valence-electron chi connectivity index (χ1n) is 11.9. The predicted octanol–water partition coefficient (Wildman–Crippen LogP) is 1.85. The van der Waals surface area contributed by atoms with Gasteiger partial charge in [0.05, 0.1) is 25.5 Å². The van der Waals surface area contributed by atoms with Crippen LogP contribution in [0.4, 0.5) is 0 Å². The van der Waals surface area contributed by atoms with Crippen LogP contribution in [-0.2, 0) is 25.5 Å². The second kappa shape index (κ2) is 10.7. The molecular weight excluding hydrogens is 436 g/mol. The van der Waals surface area contributed by atoms with Gasteiger partial charge in [-0.1, -0.05) is 18.2 Å². The number of nitrogens with one attached hydrogen (secondary N) is 1. The van der Waals surface area contributed by atoms with Crippen molar-refractivity contribution >= 4 is 11.8 Å². The molecule has 1 aromatic carbocycles. The van der Waals surface area contributed by atoms with Crippen molar-refractivity contribution in [1.29, 1.82) is 0 Å². The zero-order valence-corrected chi connectivity index (χ0v) is 20.2. The molecule has 2 amide bonds. The Morgan fingerprint density at radius 1 is 1.12 bits per heavy atom. The van der Waals surface area contributed by atoms with Crippen LogP contribution < -0.4 is 5.32 Å². The fourth-order valence-electron chi connectivity index (χ4n) is 4.13. The largest absolute Gasteiger partial charge is 0.441 e. The summed E-state index contributed by atoms with van der Waals surface area (Å²) in [6.45, 7) is 7.31. The van der Waals surface area contributed by atoms with Crippen molar-refractivity contribution in [1.82, 2.24) is 20.1 Å². The Balaban J connectivity index is 1.21. The molecule has 0 bridgehead atoms. The molecule has 0 unspecified atom stereocenters. The molecule has 0 radical (unpaired) electrons. The Morgan fingerprint density at radius 3 is 2.47 bits per heavy atom. The summed E-state index contributed by atoms with van der Waals surface area (Å²) in [7, 11) is 2.03. The van der Waals surface area contributed by atoms with Crippen LogP contribution in [0.3, 0.4) is 0 Å². The molecule has 3 heterocycles. The summed E-state index contributed by atoms with van der Waals surface area (Å²) >= 11 is 0. The highest BCUT2D eigenvalue weighted by Gasteiger charge is 2.40. The number of ether oxygens (including phenoxy) is 2. The Labute approximate surface area is 200 Å². The van der Waals surface area contributed by atoms with E-state index in [4.69, 9.17) is 13.9 Å². The van der Waals surface area contributed by atoms with Gasteiger partial charge in [0.25, 0.3) is 5.91 Å². The number of benzene rings is 1. The number of amides is 2. The molecule has 1 N–H and O–H groups in total. The molecule has 34 heavy (non-hydrogen) atoms. The minimum Gasteiger partial charge on any atom is -0.441 e. The molecule has 4 rings (SSSR count). The zero-order valence-electron chi connectivity index (χ0n) is 20.2. The van der Waals surface area contributed by atoms with Crippen molar-refractivity contribution in [2.75, 3.05) is 53.0 Å². The van der Waals surface area contributed by atoms with Crippen molar-refractivity contribution in [3.05, 3.63) is 41.8 Å². The molecule has 0 saturated carbocycles. The summed E-state index contributed by atoms with van der Waals surface area (Å²) in [6.07, 6.45) is 1.54. The van der Waals surface area contributed by atoms with E-state index in [1.807, 2.05) is 44.3 Å². The number of piperazine rings is 1. The summed E-state index contributed by atoms with van der Waals surface area (Å²) in [5.41, 5.74) is 1.88. The third kappa shape index (κ3) is 5.84. The minimum atomic E-state index is -1.39. The third-order valence-corrected chi connectivity index (χ3v) is 6.56. The average molecular weight is 471 g/mol. The van der Waals surface area contributed by atoms with Crippen LogP contribution in [0.15, 0.2) is 34.7 Å². The SMILES string of the molecule is Cc1oc(-c2ccccc2)nc1CCC1COC(C)(C(=O)NCC(=O)N2CCN(C)CC2)OC1. The predicted molar refractivity (Wildman–Crippen MR) is 126 cm³/mol. The number of carbonyl (C=O) groups excluding carboxylic acids is 2. The highest BCUT2D eigenvalue weighted by atomic mass is 16.7. The van der Waals surface area contributed by atoms with E-state index in [2.05, 4.69) is 15.2 Å². The van der Waals surface area contributed by atoms with E-state index in [-0.39, 0.29) is 18.4 Å². The normalized spacial score (nSPS) is 23.6. The van der Waals surface area contributed by atoms with Gasteiger partial charge in [0, 0.05) is 37.7 Å². The molecule has 0 aliphatic carbocycles. The number of carbonyl (C=O) groups is 2. The third-order valence-electron chi connectivity index (χ3n) is 6.56. The summed E-state index contributed by atoms with van der Waals surface area (Å²) < 4.78 is 17.5. The molecule has 1 aromatic heterocycles. The molecule has 0 spiro atoms. The Kier molecular flexibility index (Phi) is 7.65. The lowest BCUT2D eigenvalue weighted by molar-refractivity contribution is -0.260. The van der Waals surface area contributed by atoms with Crippen molar-refractivity contribution in [3.63, 3.8) is 0 Å². The number of likely N-dealkylation sites (N-methyl/N-ethyl adjacent to an activating group) is 1. The van der Waals surface area contributed by atoms with Crippen LogP contribution in [0.2, 0.25) is 0 Å². The number of aryl methyl sites for hydroxylation is 2. The molecular formula is C25H34N4O5. The number of oxazole rings is 1. The Morgan fingerprint density at radius 2 is 1.79 bits per heavy atom. The van der Waals surface area contributed by atoms with E-state index in [0.717, 1.165) is 42.9 Å². The van der Waals surface area contributed by atoms with Gasteiger partial charge in [-0.2, -0.15) is 0 Å². The molecule has 2 fully saturated rings. The monoisotopic (exact) mass is 470 g/mol. The van der Waals surface area contributed by atoms with E-state index < -0.39 is 11.7 Å². The molecule has 2 aliphatic heterocycles. The maximum Gasteiger partial charge on any atom is 0.280 e. The molecule has 2 saturated heterocycles. The summed E-state index contributed by atoms with van der Waals surface area (Å²) in [6, 6.07) is 9.83. The maximum atomic E-state index is 12.7. The topological polar surface area (TPSA) is 97.1 Å². The molecule has 9 nitrogen and oxygen atoms in total. The fourth-order valence-corrected chi connectivity index (χ4v) is 4.13. The highest BCUT2D eigenvalue weighted by Crippen LogP contribution is 2.26. The first-order valence-corrected chi connectivity index (χ1v) is 11.9. The van der Waals surface area contributed by atoms with E-state index in [1.54, 1.807) is 11.8 Å². The number of nitrogens with zero attached hydrogens (tertiary/aromatic N) is 3. The van der Waals surface area contributed by atoms with Crippen LogP contribution in [0.1, 0.15) is 24.8 Å². The lowest BCUT2D eigenvalue weighted by Gasteiger charge is -2.36. The minimum absolute atomic E-state index is 0.0521. The van der Waals surface area contributed by atoms with Crippen LogP contribution in [0.25, 0.3) is 11.5 Å². The van der Waals surface area contributed by atoms with Crippen molar-refractivity contribution in [3.8, 4) is 11.5 Å². The standard InChI is InChI=1S/C25H34N4O5/c1-18-21(27-23(34-18)20-7-5-4-6-8-20)10-9-19-16-32-25(2,33-17-19)24(31)26-15-22(30)29-13-11-28(3)12-14-29/h4-8,19H,9-17H2,1-3H3,(H,26,31). The van der Waals surface area contributed by atoms with Gasteiger partial charge in [-0.15, -0.1) is 0 Å². The zero-order chi connectivity index (χ0) is 24.1. The van der Waals surface area contributed by atoms with Gasteiger partial charge in [0.2, 0.25) is 17.6 Å². The lowest BCUT2D eigenvalue weighted by atomic mass is 10.0. The molecule has 2 aliphatic rings. The Hall–Kier alpha value is -2.75. The first kappa shape index (κ1) is 24.4. The molecule has 184 valence electrons. The fraction of sp³-hybridized carbons (Fsp3) is 0.560.